The van der Waals surface area contributed by atoms with Gasteiger partial charge >= 0.3 is 0 Å². The van der Waals surface area contributed by atoms with Crippen LogP contribution in [0.5, 0.6) is 0 Å². The molecule has 0 amide bonds. The molecular weight excluding hydrogens is 146 g/mol. The molecule has 1 aromatic rings. The lowest BCUT2D eigenvalue weighted by molar-refractivity contribution is 0.885. The van der Waals surface area contributed by atoms with Crippen LogP contribution >= 0.6 is 0 Å². The monoisotopic (exact) mass is 159 g/mol. The third-order valence-electron chi connectivity index (χ3n) is 2.32. The third-order valence-corrected chi connectivity index (χ3v) is 2.32. The summed E-state index contributed by atoms with van der Waals surface area (Å²) in [4.78, 5) is 4.46. The first kappa shape index (κ1) is 7.53. The van der Waals surface area contributed by atoms with Crippen LogP contribution < -0.4 is 0 Å². The molecule has 0 bridgehead atoms. The lowest BCUT2D eigenvalue weighted by Gasteiger charge is -2.04. The maximum Gasteiger partial charge on any atom is 0.0686 e. The van der Waals surface area contributed by atoms with Crippen LogP contribution in [0.3, 0.4) is 0 Å². The van der Waals surface area contributed by atoms with Gasteiger partial charge in [0.2, 0.25) is 0 Å². The molecule has 0 radical (unpaired) electrons. The Morgan fingerprint density at radius 3 is 3.17 bits per heavy atom. The van der Waals surface area contributed by atoms with Crippen molar-refractivity contribution in [2.75, 3.05) is 0 Å². The van der Waals surface area contributed by atoms with Gasteiger partial charge in [-0.25, -0.2) is 0 Å². The van der Waals surface area contributed by atoms with E-state index >= 15 is 0 Å². The average Bonchev–Trinajstić information content (AvgIpc) is 2.30. The summed E-state index contributed by atoms with van der Waals surface area (Å²) in [7, 11) is 0. The number of aliphatic imine (C=N–C) groups is 1. The minimum atomic E-state index is 1.12. The van der Waals surface area contributed by atoms with Crippen molar-refractivity contribution in [2.24, 2.45) is 4.99 Å². The minimum absolute atomic E-state index is 1.12. The van der Waals surface area contributed by atoms with Gasteiger partial charge in [0.25, 0.3) is 0 Å². The van der Waals surface area contributed by atoms with Gasteiger partial charge < -0.3 is 0 Å². The summed E-state index contributed by atoms with van der Waals surface area (Å²) >= 11 is 0. The molecule has 1 nitrogen and oxygen atoms in total. The number of hydrogen-bond acceptors (Lipinski definition) is 1. The molecule has 12 heavy (non-hydrogen) atoms. The number of aryl methyl sites for hydroxylation is 2. The van der Waals surface area contributed by atoms with Crippen molar-refractivity contribution in [1.82, 2.24) is 0 Å². The normalized spacial score (nSPS) is 15.4. The second-order valence-corrected chi connectivity index (χ2v) is 3.29. The molecule has 1 aliphatic rings. The summed E-state index contributed by atoms with van der Waals surface area (Å²) in [5.74, 6) is 0. The van der Waals surface area contributed by atoms with E-state index < -0.39 is 0 Å². The van der Waals surface area contributed by atoms with Crippen LogP contribution in [0.2, 0.25) is 0 Å². The van der Waals surface area contributed by atoms with Gasteiger partial charge in [-0.2, -0.15) is 0 Å². The zero-order chi connectivity index (χ0) is 8.39. The highest BCUT2D eigenvalue weighted by Gasteiger charge is 2.05. The van der Waals surface area contributed by atoms with Gasteiger partial charge in [0.15, 0.2) is 0 Å². The molecular formula is C11H13N. The molecule has 0 unspecified atom stereocenters. The van der Waals surface area contributed by atoms with Crippen molar-refractivity contribution in [2.45, 2.75) is 26.2 Å². The molecule has 0 spiro atoms. The standard InChI is InChI=1S/C11H13N/c1-9-5-4-7-10-6-2-3-8-12-11(9)10/h4-5,7-8H,2-3,6H2,1H3. The molecule has 1 aliphatic heterocycles. The van der Waals surface area contributed by atoms with E-state index in [9.17, 15) is 0 Å². The molecule has 0 N–H and O–H groups in total. The van der Waals surface area contributed by atoms with Crippen LogP contribution in [-0.2, 0) is 6.42 Å². The highest BCUT2D eigenvalue weighted by Crippen LogP contribution is 2.26. The van der Waals surface area contributed by atoms with Crippen molar-refractivity contribution < 1.29 is 0 Å². The van der Waals surface area contributed by atoms with Crippen LogP contribution in [0.15, 0.2) is 23.2 Å². The second kappa shape index (κ2) is 3.10. The van der Waals surface area contributed by atoms with Crippen molar-refractivity contribution in [3.8, 4) is 0 Å². The predicted molar refractivity (Wildman–Crippen MR) is 52.3 cm³/mol. The number of hydrogen-bond donors (Lipinski definition) is 0. The first-order valence-electron chi connectivity index (χ1n) is 4.49. The van der Waals surface area contributed by atoms with Gasteiger partial charge in [-0.05, 0) is 37.3 Å². The topological polar surface area (TPSA) is 12.4 Å². The lowest BCUT2D eigenvalue weighted by Crippen LogP contribution is -1.84. The fraction of sp³-hybridized carbons (Fsp3) is 0.364. The van der Waals surface area contributed by atoms with Crippen molar-refractivity contribution in [1.29, 1.82) is 0 Å². The summed E-state index contributed by atoms with van der Waals surface area (Å²) in [5, 5.41) is 0. The summed E-state index contributed by atoms with van der Waals surface area (Å²) in [6.07, 6.45) is 5.57. The Labute approximate surface area is 73.1 Å². The fourth-order valence-electron chi connectivity index (χ4n) is 1.65. The largest absolute Gasteiger partial charge is 0.261 e. The van der Waals surface area contributed by atoms with E-state index in [2.05, 4.69) is 30.1 Å². The Bertz CT molecular complexity index is 313. The third kappa shape index (κ3) is 1.27. The zero-order valence-corrected chi connectivity index (χ0v) is 7.38. The Kier molecular flexibility index (Phi) is 1.94. The zero-order valence-electron chi connectivity index (χ0n) is 7.38. The Morgan fingerprint density at radius 2 is 2.25 bits per heavy atom. The number of rotatable bonds is 0. The summed E-state index contributed by atoms with van der Waals surface area (Å²) in [6, 6.07) is 6.43. The number of benzene rings is 1. The van der Waals surface area contributed by atoms with E-state index in [1.54, 1.807) is 0 Å². The van der Waals surface area contributed by atoms with E-state index in [0.29, 0.717) is 0 Å². The van der Waals surface area contributed by atoms with Crippen LogP contribution in [0.4, 0.5) is 5.69 Å². The van der Waals surface area contributed by atoms with E-state index in [1.165, 1.54) is 29.7 Å². The van der Waals surface area contributed by atoms with Crippen LogP contribution in [0.1, 0.15) is 24.0 Å². The van der Waals surface area contributed by atoms with Crippen LogP contribution in [0.25, 0.3) is 0 Å². The fourth-order valence-corrected chi connectivity index (χ4v) is 1.65. The predicted octanol–water partition coefficient (Wildman–Crippen LogP) is 3.03. The van der Waals surface area contributed by atoms with Crippen molar-refractivity contribution >= 4 is 11.9 Å². The first-order chi connectivity index (χ1) is 5.88. The van der Waals surface area contributed by atoms with Gasteiger partial charge in [0.1, 0.15) is 0 Å². The molecule has 1 heterocycles. The van der Waals surface area contributed by atoms with Crippen molar-refractivity contribution in [3.05, 3.63) is 29.3 Å². The van der Waals surface area contributed by atoms with E-state index in [1.807, 2.05) is 6.21 Å². The SMILES string of the molecule is Cc1cccc2c1N=CCCC2. The number of para-hydroxylation sites is 1. The van der Waals surface area contributed by atoms with E-state index in [0.717, 1.165) is 6.42 Å². The maximum atomic E-state index is 4.46. The molecule has 0 aromatic heterocycles. The van der Waals surface area contributed by atoms with Gasteiger partial charge in [0, 0.05) is 6.21 Å². The van der Waals surface area contributed by atoms with Gasteiger partial charge in [0.05, 0.1) is 5.69 Å². The summed E-state index contributed by atoms with van der Waals surface area (Å²) in [5.41, 5.74) is 3.91. The summed E-state index contributed by atoms with van der Waals surface area (Å²) in [6.45, 7) is 2.13. The van der Waals surface area contributed by atoms with Crippen LogP contribution in [-0.4, -0.2) is 6.21 Å². The molecule has 0 fully saturated rings. The second-order valence-electron chi connectivity index (χ2n) is 3.29. The Hall–Kier alpha value is -1.11. The smallest absolute Gasteiger partial charge is 0.0686 e. The van der Waals surface area contributed by atoms with Crippen LogP contribution in [0, 0.1) is 6.92 Å². The molecule has 2 rings (SSSR count). The molecule has 62 valence electrons. The molecule has 0 aliphatic carbocycles. The Morgan fingerprint density at radius 1 is 1.33 bits per heavy atom. The van der Waals surface area contributed by atoms with E-state index in [4.69, 9.17) is 0 Å². The minimum Gasteiger partial charge on any atom is -0.261 e. The number of fused-ring (bicyclic) bond motifs is 1. The first-order valence-corrected chi connectivity index (χ1v) is 4.49. The average molecular weight is 159 g/mol. The van der Waals surface area contributed by atoms with Gasteiger partial charge in [-0.15, -0.1) is 0 Å². The highest BCUT2D eigenvalue weighted by atomic mass is 14.7. The molecule has 0 saturated carbocycles. The lowest BCUT2D eigenvalue weighted by atomic mass is 10.0. The van der Waals surface area contributed by atoms with Gasteiger partial charge in [-0.3, -0.25) is 4.99 Å². The quantitative estimate of drug-likeness (QED) is 0.551. The molecule has 0 atom stereocenters. The van der Waals surface area contributed by atoms with Crippen molar-refractivity contribution in [3.63, 3.8) is 0 Å². The maximum absolute atomic E-state index is 4.46. The molecule has 0 saturated heterocycles. The Balaban J connectivity index is 2.53. The summed E-state index contributed by atoms with van der Waals surface area (Å²) < 4.78 is 0. The van der Waals surface area contributed by atoms with E-state index in [-0.39, 0.29) is 0 Å². The number of nitrogens with zero attached hydrogens (tertiary/aromatic N) is 1. The van der Waals surface area contributed by atoms with Gasteiger partial charge in [-0.1, -0.05) is 18.2 Å². The molecule has 1 heteroatoms. The molecule has 1 aromatic carbocycles. The highest BCUT2D eigenvalue weighted by molar-refractivity contribution is 5.68.